The average molecular weight is 339 g/mol. The first-order valence-electron chi connectivity index (χ1n) is 5.03. The molecular formula is C13H10INO2. The Morgan fingerprint density at radius 2 is 1.53 bits per heavy atom. The van der Waals surface area contributed by atoms with E-state index in [1.165, 1.54) is 0 Å². The predicted molar refractivity (Wildman–Crippen MR) is 74.4 cm³/mol. The number of ether oxygens (including phenoxy) is 1. The van der Waals surface area contributed by atoms with Crippen LogP contribution in [0.1, 0.15) is 10.4 Å². The Kier molecular flexibility index (Phi) is 3.98. The Labute approximate surface area is 113 Å². The zero-order chi connectivity index (χ0) is 12.1. The number of nitrogens with one attached hydrogen (secondary N) is 1. The van der Waals surface area contributed by atoms with Crippen molar-refractivity contribution in [2.24, 2.45) is 0 Å². The molecule has 3 nitrogen and oxygen atoms in total. The third-order valence-corrected chi connectivity index (χ3v) is 2.67. The van der Waals surface area contributed by atoms with Gasteiger partial charge in [-0.05, 0) is 36.4 Å². The number of amides is 1. The van der Waals surface area contributed by atoms with E-state index >= 15 is 0 Å². The minimum absolute atomic E-state index is 0.114. The van der Waals surface area contributed by atoms with E-state index in [1.54, 1.807) is 24.3 Å². The minimum atomic E-state index is -0.114. The van der Waals surface area contributed by atoms with Gasteiger partial charge in [-0.15, -0.1) is 0 Å². The van der Waals surface area contributed by atoms with Crippen LogP contribution in [-0.2, 0) is 0 Å². The van der Waals surface area contributed by atoms with E-state index in [2.05, 4.69) is 3.53 Å². The van der Waals surface area contributed by atoms with Crippen LogP contribution in [0.4, 0.5) is 0 Å². The SMILES string of the molecule is O=C(NI)c1ccc(Oc2ccccc2)cc1. The molecule has 2 aromatic rings. The number of para-hydroxylation sites is 1. The molecule has 0 aliphatic carbocycles. The van der Waals surface area contributed by atoms with Crippen LogP contribution < -0.4 is 8.27 Å². The summed E-state index contributed by atoms with van der Waals surface area (Å²) >= 11 is 1.81. The minimum Gasteiger partial charge on any atom is -0.457 e. The van der Waals surface area contributed by atoms with Gasteiger partial charge in [0.05, 0.1) is 22.9 Å². The molecule has 4 heteroatoms. The number of hydrogen-bond acceptors (Lipinski definition) is 2. The summed E-state index contributed by atoms with van der Waals surface area (Å²) < 4.78 is 8.15. The molecule has 2 aromatic carbocycles. The summed E-state index contributed by atoms with van der Waals surface area (Å²) in [5.74, 6) is 1.37. The largest absolute Gasteiger partial charge is 0.457 e. The smallest absolute Gasteiger partial charge is 0.259 e. The lowest BCUT2D eigenvalue weighted by Gasteiger charge is -2.05. The Hall–Kier alpha value is -1.56. The van der Waals surface area contributed by atoms with Crippen LogP contribution in [0, 0.1) is 0 Å². The van der Waals surface area contributed by atoms with Crippen molar-refractivity contribution < 1.29 is 9.53 Å². The summed E-state index contributed by atoms with van der Waals surface area (Å²) in [6, 6.07) is 16.5. The van der Waals surface area contributed by atoms with E-state index in [-0.39, 0.29) is 5.91 Å². The van der Waals surface area contributed by atoms with E-state index in [9.17, 15) is 4.79 Å². The summed E-state index contributed by atoms with van der Waals surface area (Å²) in [6.45, 7) is 0. The van der Waals surface area contributed by atoms with Gasteiger partial charge in [-0.2, -0.15) is 0 Å². The fourth-order valence-corrected chi connectivity index (χ4v) is 1.66. The van der Waals surface area contributed by atoms with Gasteiger partial charge in [0.15, 0.2) is 0 Å². The lowest BCUT2D eigenvalue weighted by molar-refractivity contribution is 0.0989. The van der Waals surface area contributed by atoms with Gasteiger partial charge in [0.25, 0.3) is 5.91 Å². The van der Waals surface area contributed by atoms with Gasteiger partial charge < -0.3 is 4.74 Å². The number of carbonyl (C=O) groups is 1. The highest BCUT2D eigenvalue weighted by molar-refractivity contribution is 14.1. The highest BCUT2D eigenvalue weighted by atomic mass is 127. The Balaban J connectivity index is 2.11. The Morgan fingerprint density at radius 1 is 0.941 bits per heavy atom. The van der Waals surface area contributed by atoms with Crippen LogP contribution in [0.25, 0.3) is 0 Å². The maximum absolute atomic E-state index is 11.3. The summed E-state index contributed by atoms with van der Waals surface area (Å²) in [5, 5.41) is 0. The van der Waals surface area contributed by atoms with Crippen LogP contribution in [0.5, 0.6) is 11.5 Å². The van der Waals surface area contributed by atoms with Gasteiger partial charge >= 0.3 is 0 Å². The lowest BCUT2D eigenvalue weighted by Crippen LogP contribution is -2.11. The van der Waals surface area contributed by atoms with Crippen LogP contribution >= 0.6 is 22.9 Å². The molecule has 0 bridgehead atoms. The normalized spacial score (nSPS) is 9.71. The maximum Gasteiger partial charge on any atom is 0.259 e. The van der Waals surface area contributed by atoms with Crippen LogP contribution in [0.2, 0.25) is 0 Å². The topological polar surface area (TPSA) is 38.3 Å². The summed E-state index contributed by atoms with van der Waals surface area (Å²) in [5.41, 5.74) is 0.611. The fourth-order valence-electron chi connectivity index (χ4n) is 1.35. The molecule has 0 aliphatic rings. The van der Waals surface area contributed by atoms with Crippen molar-refractivity contribution in [2.45, 2.75) is 0 Å². The molecule has 0 saturated carbocycles. The maximum atomic E-state index is 11.3. The molecular weight excluding hydrogens is 329 g/mol. The van der Waals surface area contributed by atoms with Crippen LogP contribution in [0.15, 0.2) is 54.6 Å². The van der Waals surface area contributed by atoms with Gasteiger partial charge in [-0.1, -0.05) is 18.2 Å². The Bertz CT molecular complexity index is 497. The molecule has 2 rings (SSSR count). The molecule has 1 amide bonds. The van der Waals surface area contributed by atoms with Crippen molar-refractivity contribution in [3.05, 3.63) is 60.2 Å². The van der Waals surface area contributed by atoms with Crippen molar-refractivity contribution >= 4 is 28.8 Å². The Morgan fingerprint density at radius 3 is 2.12 bits per heavy atom. The molecule has 0 atom stereocenters. The van der Waals surface area contributed by atoms with Crippen molar-refractivity contribution in [3.8, 4) is 11.5 Å². The number of rotatable bonds is 3. The second kappa shape index (κ2) is 5.67. The van der Waals surface area contributed by atoms with E-state index in [0.717, 1.165) is 5.75 Å². The van der Waals surface area contributed by atoms with Gasteiger partial charge in [-0.3, -0.25) is 8.32 Å². The summed E-state index contributed by atoms with van der Waals surface area (Å²) in [7, 11) is 0. The molecule has 0 radical (unpaired) electrons. The monoisotopic (exact) mass is 339 g/mol. The van der Waals surface area contributed by atoms with Crippen LogP contribution in [0.3, 0.4) is 0 Å². The molecule has 17 heavy (non-hydrogen) atoms. The fraction of sp³-hybridized carbons (Fsp3) is 0. The molecule has 1 N–H and O–H groups in total. The molecule has 0 unspecified atom stereocenters. The third kappa shape index (κ3) is 3.20. The standard InChI is InChI=1S/C13H10INO2/c14-15-13(16)10-6-8-12(9-7-10)17-11-4-2-1-3-5-11/h1-9H,(H,15,16). The van der Waals surface area contributed by atoms with Crippen molar-refractivity contribution in [1.29, 1.82) is 0 Å². The first-order chi connectivity index (χ1) is 8.29. The molecule has 0 fully saturated rings. The number of benzene rings is 2. The lowest BCUT2D eigenvalue weighted by atomic mass is 10.2. The van der Waals surface area contributed by atoms with E-state index in [1.807, 2.05) is 53.2 Å². The van der Waals surface area contributed by atoms with Gasteiger partial charge in [0.2, 0.25) is 0 Å². The first-order valence-corrected chi connectivity index (χ1v) is 6.11. The second-order valence-corrected chi connectivity index (χ2v) is 3.90. The zero-order valence-corrected chi connectivity index (χ0v) is 11.0. The molecule has 0 aliphatic heterocycles. The van der Waals surface area contributed by atoms with Gasteiger partial charge in [0, 0.05) is 5.56 Å². The predicted octanol–water partition coefficient (Wildman–Crippen LogP) is 3.56. The van der Waals surface area contributed by atoms with E-state index in [0.29, 0.717) is 11.3 Å². The molecule has 0 saturated heterocycles. The average Bonchev–Trinajstić information content (AvgIpc) is 2.40. The zero-order valence-electron chi connectivity index (χ0n) is 8.89. The highest BCUT2D eigenvalue weighted by Crippen LogP contribution is 2.21. The molecule has 86 valence electrons. The van der Waals surface area contributed by atoms with Crippen molar-refractivity contribution in [1.82, 2.24) is 3.53 Å². The van der Waals surface area contributed by atoms with E-state index < -0.39 is 0 Å². The second-order valence-electron chi connectivity index (χ2n) is 3.36. The number of carbonyl (C=O) groups excluding carboxylic acids is 1. The van der Waals surface area contributed by atoms with Crippen LogP contribution in [-0.4, -0.2) is 5.91 Å². The summed E-state index contributed by atoms with van der Waals surface area (Å²) in [6.07, 6.45) is 0. The van der Waals surface area contributed by atoms with Gasteiger partial charge in [0.1, 0.15) is 11.5 Å². The number of hydrogen-bond donors (Lipinski definition) is 1. The van der Waals surface area contributed by atoms with Gasteiger partial charge in [-0.25, -0.2) is 0 Å². The molecule has 0 aromatic heterocycles. The van der Waals surface area contributed by atoms with Crippen molar-refractivity contribution in [2.75, 3.05) is 0 Å². The highest BCUT2D eigenvalue weighted by Gasteiger charge is 2.03. The summed E-state index contributed by atoms with van der Waals surface area (Å²) in [4.78, 5) is 11.3. The third-order valence-electron chi connectivity index (χ3n) is 2.18. The molecule has 0 spiro atoms. The first kappa shape index (κ1) is 11.9. The molecule has 0 heterocycles. The quantitative estimate of drug-likeness (QED) is 0.686. The van der Waals surface area contributed by atoms with Crippen molar-refractivity contribution in [3.63, 3.8) is 0 Å². The number of halogens is 1. The van der Waals surface area contributed by atoms with E-state index in [4.69, 9.17) is 4.74 Å².